The van der Waals surface area contributed by atoms with Crippen molar-refractivity contribution in [3.63, 3.8) is 0 Å². The van der Waals surface area contributed by atoms with E-state index in [1.54, 1.807) is 6.33 Å². The van der Waals surface area contributed by atoms with Gasteiger partial charge < -0.3 is 9.80 Å². The van der Waals surface area contributed by atoms with E-state index in [0.29, 0.717) is 12.3 Å². The molecule has 5 rings (SSSR count). The maximum Gasteiger partial charge on any atom is 0.222 e. The lowest BCUT2D eigenvalue weighted by molar-refractivity contribution is -0.139. The standard InChI is InChI=1S/C23H28N4O/c28-21-9-10-23(16-27(21)15-18-5-2-1-3-6-18)11-13-26(14-12-23)22-19-7-4-8-20(19)24-17-25-22/h1-3,5-6,17H,4,7-16H2. The van der Waals surface area contributed by atoms with Crippen LogP contribution >= 0.6 is 0 Å². The van der Waals surface area contributed by atoms with Gasteiger partial charge in [-0.1, -0.05) is 30.3 Å². The van der Waals surface area contributed by atoms with Crippen LogP contribution in [0.5, 0.6) is 0 Å². The SMILES string of the molecule is O=C1CCC2(CCN(c3ncnc4c3CCC4)CC2)CN1Cc1ccccc1. The van der Waals surface area contributed by atoms with Crippen molar-refractivity contribution in [2.45, 2.75) is 51.5 Å². The lowest BCUT2D eigenvalue weighted by Crippen LogP contribution is -2.51. The van der Waals surface area contributed by atoms with Crippen LogP contribution in [0.2, 0.25) is 0 Å². The lowest BCUT2D eigenvalue weighted by Gasteiger charge is -2.48. The predicted octanol–water partition coefficient (Wildman–Crippen LogP) is 3.37. The highest BCUT2D eigenvalue weighted by Gasteiger charge is 2.41. The van der Waals surface area contributed by atoms with Crippen molar-refractivity contribution < 1.29 is 4.79 Å². The Morgan fingerprint density at radius 2 is 1.79 bits per heavy atom. The second-order valence-electron chi connectivity index (χ2n) is 8.70. The van der Waals surface area contributed by atoms with Gasteiger partial charge in [0.15, 0.2) is 0 Å². The molecule has 5 heteroatoms. The van der Waals surface area contributed by atoms with Crippen LogP contribution in [0, 0.1) is 5.41 Å². The average Bonchev–Trinajstić information content (AvgIpc) is 3.21. The fraction of sp³-hybridized carbons (Fsp3) is 0.522. The molecule has 3 heterocycles. The van der Waals surface area contributed by atoms with Gasteiger partial charge in [0.25, 0.3) is 0 Å². The number of likely N-dealkylation sites (tertiary alicyclic amines) is 1. The minimum Gasteiger partial charge on any atom is -0.356 e. The van der Waals surface area contributed by atoms with Gasteiger partial charge >= 0.3 is 0 Å². The summed E-state index contributed by atoms with van der Waals surface area (Å²) in [5.74, 6) is 1.48. The van der Waals surface area contributed by atoms with E-state index < -0.39 is 0 Å². The van der Waals surface area contributed by atoms with Crippen LogP contribution in [0.1, 0.15) is 48.9 Å². The van der Waals surface area contributed by atoms with Crippen molar-refractivity contribution >= 4 is 11.7 Å². The zero-order valence-electron chi connectivity index (χ0n) is 16.4. The first kappa shape index (κ1) is 17.7. The first-order valence-corrected chi connectivity index (χ1v) is 10.6. The van der Waals surface area contributed by atoms with Crippen molar-refractivity contribution in [3.05, 3.63) is 53.5 Å². The number of amides is 1. The molecule has 1 aromatic heterocycles. The van der Waals surface area contributed by atoms with E-state index in [0.717, 1.165) is 58.3 Å². The van der Waals surface area contributed by atoms with Gasteiger partial charge in [-0.15, -0.1) is 0 Å². The molecule has 3 aliphatic rings. The highest BCUT2D eigenvalue weighted by atomic mass is 16.2. The smallest absolute Gasteiger partial charge is 0.222 e. The van der Waals surface area contributed by atoms with E-state index in [9.17, 15) is 4.79 Å². The molecule has 1 spiro atoms. The molecule has 146 valence electrons. The molecule has 0 atom stereocenters. The number of rotatable bonds is 3. The minimum atomic E-state index is 0.273. The van der Waals surface area contributed by atoms with E-state index in [2.05, 4.69) is 44.0 Å². The maximum atomic E-state index is 12.5. The number of benzene rings is 1. The number of nitrogens with zero attached hydrogens (tertiary/aromatic N) is 4. The third-order valence-electron chi connectivity index (χ3n) is 6.94. The summed E-state index contributed by atoms with van der Waals surface area (Å²) >= 11 is 0. The summed E-state index contributed by atoms with van der Waals surface area (Å²) in [7, 11) is 0. The molecule has 5 nitrogen and oxygen atoms in total. The Morgan fingerprint density at radius 1 is 0.964 bits per heavy atom. The number of fused-ring (bicyclic) bond motifs is 1. The second kappa shape index (κ2) is 7.19. The molecule has 2 aliphatic heterocycles. The van der Waals surface area contributed by atoms with E-state index in [-0.39, 0.29) is 5.41 Å². The molecule has 0 unspecified atom stereocenters. The maximum absolute atomic E-state index is 12.5. The Kier molecular flexibility index (Phi) is 4.53. The predicted molar refractivity (Wildman–Crippen MR) is 109 cm³/mol. The zero-order valence-corrected chi connectivity index (χ0v) is 16.4. The van der Waals surface area contributed by atoms with E-state index >= 15 is 0 Å². The zero-order chi connectivity index (χ0) is 19.0. The Morgan fingerprint density at radius 3 is 2.61 bits per heavy atom. The van der Waals surface area contributed by atoms with Crippen molar-refractivity contribution in [2.75, 3.05) is 24.5 Å². The van der Waals surface area contributed by atoms with E-state index in [1.165, 1.54) is 29.1 Å². The Bertz CT molecular complexity index is 858. The minimum absolute atomic E-state index is 0.273. The number of aromatic nitrogens is 2. The number of carbonyl (C=O) groups excluding carboxylic acids is 1. The van der Waals surface area contributed by atoms with Crippen LogP contribution in [0.25, 0.3) is 0 Å². The number of piperidine rings is 2. The van der Waals surface area contributed by atoms with Gasteiger partial charge in [0.05, 0.1) is 0 Å². The molecule has 0 bridgehead atoms. The second-order valence-corrected chi connectivity index (χ2v) is 8.70. The van der Waals surface area contributed by atoms with Gasteiger partial charge in [0.1, 0.15) is 12.1 Å². The van der Waals surface area contributed by atoms with Gasteiger partial charge in [-0.25, -0.2) is 9.97 Å². The lowest BCUT2D eigenvalue weighted by atomic mass is 9.72. The van der Waals surface area contributed by atoms with Gasteiger partial charge in [0.2, 0.25) is 5.91 Å². The van der Waals surface area contributed by atoms with Crippen molar-refractivity contribution in [2.24, 2.45) is 5.41 Å². The van der Waals surface area contributed by atoms with Crippen molar-refractivity contribution in [3.8, 4) is 0 Å². The summed E-state index contributed by atoms with van der Waals surface area (Å²) in [6, 6.07) is 10.4. The van der Waals surface area contributed by atoms with Crippen LogP contribution in [-0.4, -0.2) is 40.4 Å². The topological polar surface area (TPSA) is 49.3 Å². The molecule has 0 saturated carbocycles. The molecule has 2 aromatic rings. The van der Waals surface area contributed by atoms with Crippen LogP contribution < -0.4 is 4.90 Å². The molecule has 2 fully saturated rings. The normalized spacial score (nSPS) is 21.2. The largest absolute Gasteiger partial charge is 0.356 e. The number of anilines is 1. The third kappa shape index (κ3) is 3.27. The molecule has 1 amide bonds. The summed E-state index contributed by atoms with van der Waals surface area (Å²) in [5.41, 5.74) is 4.13. The highest BCUT2D eigenvalue weighted by Crippen LogP contribution is 2.42. The molecule has 1 aliphatic carbocycles. The van der Waals surface area contributed by atoms with Crippen molar-refractivity contribution in [1.82, 2.24) is 14.9 Å². The molecule has 0 radical (unpaired) electrons. The first-order chi connectivity index (χ1) is 13.7. The van der Waals surface area contributed by atoms with Gasteiger partial charge in [-0.2, -0.15) is 0 Å². The molecule has 28 heavy (non-hydrogen) atoms. The Hall–Kier alpha value is -2.43. The summed E-state index contributed by atoms with van der Waals surface area (Å²) in [4.78, 5) is 26.2. The summed E-state index contributed by atoms with van der Waals surface area (Å²) in [6.07, 6.45) is 9.17. The fourth-order valence-electron chi connectivity index (χ4n) is 5.27. The third-order valence-corrected chi connectivity index (χ3v) is 6.94. The molecular weight excluding hydrogens is 348 g/mol. The number of hydrogen-bond donors (Lipinski definition) is 0. The summed E-state index contributed by atoms with van der Waals surface area (Å²) < 4.78 is 0. The van der Waals surface area contributed by atoms with E-state index in [1.807, 2.05) is 6.07 Å². The van der Waals surface area contributed by atoms with Crippen molar-refractivity contribution in [1.29, 1.82) is 0 Å². The number of carbonyl (C=O) groups is 1. The van der Waals surface area contributed by atoms with Gasteiger partial charge in [-0.3, -0.25) is 4.79 Å². The Balaban J connectivity index is 1.28. The molecular formula is C23H28N4O. The van der Waals surface area contributed by atoms with Crippen LogP contribution in [0.3, 0.4) is 0 Å². The van der Waals surface area contributed by atoms with Crippen LogP contribution in [0.15, 0.2) is 36.7 Å². The highest BCUT2D eigenvalue weighted by molar-refractivity contribution is 5.77. The fourth-order valence-corrected chi connectivity index (χ4v) is 5.27. The van der Waals surface area contributed by atoms with E-state index in [4.69, 9.17) is 0 Å². The summed E-state index contributed by atoms with van der Waals surface area (Å²) in [6.45, 7) is 3.72. The quantitative estimate of drug-likeness (QED) is 0.824. The molecule has 1 aromatic carbocycles. The molecule has 0 N–H and O–H groups in total. The van der Waals surface area contributed by atoms with Gasteiger partial charge in [-0.05, 0) is 49.5 Å². The van der Waals surface area contributed by atoms with Gasteiger partial charge in [0, 0.05) is 43.9 Å². The number of hydrogen-bond acceptors (Lipinski definition) is 4. The first-order valence-electron chi connectivity index (χ1n) is 10.6. The number of aryl methyl sites for hydroxylation is 1. The van der Waals surface area contributed by atoms with Crippen LogP contribution in [-0.2, 0) is 24.2 Å². The molecule has 2 saturated heterocycles. The van der Waals surface area contributed by atoms with Crippen LogP contribution in [0.4, 0.5) is 5.82 Å². The monoisotopic (exact) mass is 376 g/mol. The Labute approximate surface area is 166 Å². The average molecular weight is 377 g/mol. The summed E-state index contributed by atoms with van der Waals surface area (Å²) in [5, 5.41) is 0.